The first-order valence-electron chi connectivity index (χ1n) is 9.21. The van der Waals surface area contributed by atoms with Gasteiger partial charge in [-0.25, -0.2) is 0 Å². The predicted octanol–water partition coefficient (Wildman–Crippen LogP) is 3.76. The average molecular weight is 409 g/mol. The molecule has 0 saturated heterocycles. The Labute approximate surface area is 175 Å². The minimum atomic E-state index is -0.291. The van der Waals surface area contributed by atoms with Crippen molar-refractivity contribution in [2.45, 2.75) is 20.3 Å². The van der Waals surface area contributed by atoms with E-state index in [1.807, 2.05) is 42.9 Å². The van der Waals surface area contributed by atoms with Gasteiger partial charge in [0.2, 0.25) is 0 Å². The molecule has 0 radical (unpaired) electrons. The van der Waals surface area contributed by atoms with Crippen molar-refractivity contribution in [1.29, 1.82) is 0 Å². The molecular formula is C22H24N4O2S. The van der Waals surface area contributed by atoms with E-state index >= 15 is 0 Å². The maximum absolute atomic E-state index is 12.3. The highest BCUT2D eigenvalue weighted by molar-refractivity contribution is 7.80. The second kappa shape index (κ2) is 8.87. The number of nitrogens with one attached hydrogen (secondary N) is 2. The third-order valence-electron chi connectivity index (χ3n) is 4.81. The van der Waals surface area contributed by atoms with Gasteiger partial charge in [-0.1, -0.05) is 18.2 Å². The van der Waals surface area contributed by atoms with E-state index in [1.54, 1.807) is 31.4 Å². The fraction of sp³-hybridized carbons (Fsp3) is 0.227. The van der Waals surface area contributed by atoms with Crippen LogP contribution in [0, 0.1) is 13.8 Å². The number of aryl methyl sites for hydroxylation is 2. The molecule has 7 heteroatoms. The summed E-state index contributed by atoms with van der Waals surface area (Å²) in [6.45, 7) is 4.11. The summed E-state index contributed by atoms with van der Waals surface area (Å²) in [6, 6.07) is 14.9. The molecule has 1 heterocycles. The molecular weight excluding hydrogens is 384 g/mol. The van der Waals surface area contributed by atoms with E-state index in [0.717, 1.165) is 17.8 Å². The number of hydrogen-bond acceptors (Lipinski definition) is 4. The Morgan fingerprint density at radius 2 is 1.90 bits per heavy atom. The maximum Gasteiger partial charge on any atom is 0.257 e. The van der Waals surface area contributed by atoms with E-state index in [1.165, 1.54) is 16.8 Å². The van der Waals surface area contributed by atoms with Crippen LogP contribution in [0.1, 0.15) is 32.9 Å². The molecule has 0 fully saturated rings. The highest BCUT2D eigenvalue weighted by atomic mass is 32.1. The zero-order chi connectivity index (χ0) is 21.0. The molecule has 2 aromatic carbocycles. The van der Waals surface area contributed by atoms with Gasteiger partial charge in [0.15, 0.2) is 5.11 Å². The molecule has 1 amide bonds. The van der Waals surface area contributed by atoms with Gasteiger partial charge >= 0.3 is 0 Å². The zero-order valence-corrected chi connectivity index (χ0v) is 17.8. The van der Waals surface area contributed by atoms with Crippen molar-refractivity contribution in [2.75, 3.05) is 12.4 Å². The fourth-order valence-corrected chi connectivity index (χ4v) is 3.30. The lowest BCUT2D eigenvalue weighted by Crippen LogP contribution is -2.34. The topological polar surface area (TPSA) is 68.2 Å². The van der Waals surface area contributed by atoms with E-state index in [0.29, 0.717) is 11.3 Å². The molecule has 6 nitrogen and oxygen atoms in total. The quantitative estimate of drug-likeness (QED) is 0.629. The lowest BCUT2D eigenvalue weighted by Gasteiger charge is -2.11. The Hall–Kier alpha value is -3.19. The van der Waals surface area contributed by atoms with Crippen LogP contribution in [0.3, 0.4) is 0 Å². The summed E-state index contributed by atoms with van der Waals surface area (Å²) in [5, 5.41) is 10.4. The Bertz CT molecular complexity index is 1040. The van der Waals surface area contributed by atoms with E-state index < -0.39 is 0 Å². The van der Waals surface area contributed by atoms with Gasteiger partial charge in [0.1, 0.15) is 5.75 Å². The van der Waals surface area contributed by atoms with Crippen molar-refractivity contribution >= 4 is 28.9 Å². The van der Waals surface area contributed by atoms with E-state index in [-0.39, 0.29) is 11.0 Å². The summed E-state index contributed by atoms with van der Waals surface area (Å²) >= 11 is 5.26. The number of nitrogens with zero attached hydrogens (tertiary/aromatic N) is 2. The van der Waals surface area contributed by atoms with Crippen LogP contribution in [-0.2, 0) is 13.5 Å². The molecule has 0 saturated carbocycles. The third-order valence-corrected chi connectivity index (χ3v) is 5.01. The minimum Gasteiger partial charge on any atom is -0.497 e. The van der Waals surface area contributed by atoms with Crippen LogP contribution in [-0.4, -0.2) is 27.9 Å². The van der Waals surface area contributed by atoms with Crippen molar-refractivity contribution in [2.24, 2.45) is 7.05 Å². The van der Waals surface area contributed by atoms with Gasteiger partial charge in [-0.2, -0.15) is 5.10 Å². The van der Waals surface area contributed by atoms with Crippen molar-refractivity contribution in [3.05, 3.63) is 76.6 Å². The molecule has 1 aromatic heterocycles. The van der Waals surface area contributed by atoms with Gasteiger partial charge in [-0.15, -0.1) is 0 Å². The molecule has 0 aliphatic rings. The molecule has 0 spiro atoms. The first-order valence-corrected chi connectivity index (χ1v) is 9.62. The van der Waals surface area contributed by atoms with Crippen LogP contribution in [0.2, 0.25) is 0 Å². The summed E-state index contributed by atoms with van der Waals surface area (Å²) in [7, 11) is 3.52. The molecule has 0 unspecified atom stereocenters. The molecule has 3 rings (SSSR count). The molecule has 3 aromatic rings. The number of hydrogen-bond donors (Lipinski definition) is 2. The summed E-state index contributed by atoms with van der Waals surface area (Å²) in [6.07, 6.45) is 0.822. The summed E-state index contributed by atoms with van der Waals surface area (Å²) in [5.41, 5.74) is 5.94. The monoisotopic (exact) mass is 408 g/mol. The van der Waals surface area contributed by atoms with Gasteiger partial charge < -0.3 is 10.1 Å². The molecule has 0 aliphatic heterocycles. The zero-order valence-electron chi connectivity index (χ0n) is 16.9. The lowest BCUT2D eigenvalue weighted by molar-refractivity contribution is 0.0977. The number of aromatic nitrogens is 2. The second-order valence-corrected chi connectivity index (χ2v) is 7.20. The van der Waals surface area contributed by atoms with Crippen molar-refractivity contribution < 1.29 is 9.53 Å². The number of carbonyl (C=O) groups excluding carboxylic acids is 1. The SMILES string of the molecule is COc1cccc(C(=O)NC(=S)Nc2ccc(Cc3c(C)nn(C)c3C)cc2)c1. The number of rotatable bonds is 5. The van der Waals surface area contributed by atoms with Crippen molar-refractivity contribution in [1.82, 2.24) is 15.1 Å². The number of thiocarbonyl (C=S) groups is 1. The summed E-state index contributed by atoms with van der Waals surface area (Å²) < 4.78 is 7.05. The van der Waals surface area contributed by atoms with Crippen molar-refractivity contribution in [3.63, 3.8) is 0 Å². The Morgan fingerprint density at radius 1 is 1.17 bits per heavy atom. The van der Waals surface area contributed by atoms with Crippen LogP contribution in [0.4, 0.5) is 5.69 Å². The normalized spacial score (nSPS) is 10.5. The smallest absolute Gasteiger partial charge is 0.257 e. The highest BCUT2D eigenvalue weighted by Gasteiger charge is 2.11. The molecule has 0 bridgehead atoms. The largest absolute Gasteiger partial charge is 0.497 e. The number of methoxy groups -OCH3 is 1. The van der Waals surface area contributed by atoms with Crippen LogP contribution >= 0.6 is 12.2 Å². The molecule has 0 atom stereocenters. The highest BCUT2D eigenvalue weighted by Crippen LogP contribution is 2.19. The van der Waals surface area contributed by atoms with Crippen LogP contribution in [0.5, 0.6) is 5.75 Å². The predicted molar refractivity (Wildman–Crippen MR) is 119 cm³/mol. The summed E-state index contributed by atoms with van der Waals surface area (Å²) in [5.74, 6) is 0.326. The van der Waals surface area contributed by atoms with Crippen molar-refractivity contribution in [3.8, 4) is 5.75 Å². The van der Waals surface area contributed by atoms with E-state index in [4.69, 9.17) is 17.0 Å². The first kappa shape index (κ1) is 20.5. The summed E-state index contributed by atoms with van der Waals surface area (Å²) in [4.78, 5) is 12.3. The van der Waals surface area contributed by atoms with Gasteiger partial charge in [-0.3, -0.25) is 14.8 Å². The third kappa shape index (κ3) is 5.00. The molecule has 0 aliphatic carbocycles. The number of ether oxygens (including phenoxy) is 1. The number of anilines is 1. The van der Waals surface area contributed by atoms with Gasteiger partial charge in [-0.05, 0) is 62.0 Å². The van der Waals surface area contributed by atoms with Gasteiger partial charge in [0.25, 0.3) is 5.91 Å². The second-order valence-electron chi connectivity index (χ2n) is 6.79. The number of benzene rings is 2. The molecule has 150 valence electrons. The standard InChI is InChI=1S/C22H24N4O2S/c1-14-20(15(2)26(3)25-14)12-16-8-10-18(11-9-16)23-22(29)24-21(27)17-6-5-7-19(13-17)28-4/h5-11,13H,12H2,1-4H3,(H2,23,24,27,29). The first-order chi connectivity index (χ1) is 13.9. The Morgan fingerprint density at radius 3 is 2.52 bits per heavy atom. The molecule has 2 N–H and O–H groups in total. The molecule has 29 heavy (non-hydrogen) atoms. The van der Waals surface area contributed by atoms with E-state index in [9.17, 15) is 4.79 Å². The van der Waals surface area contributed by atoms with Crippen LogP contribution in [0.15, 0.2) is 48.5 Å². The lowest BCUT2D eigenvalue weighted by atomic mass is 10.0. The minimum absolute atomic E-state index is 0.240. The maximum atomic E-state index is 12.3. The van der Waals surface area contributed by atoms with Crippen LogP contribution in [0.25, 0.3) is 0 Å². The average Bonchev–Trinajstić information content (AvgIpc) is 2.95. The van der Waals surface area contributed by atoms with Gasteiger partial charge in [0.05, 0.1) is 12.8 Å². The number of carbonyl (C=O) groups is 1. The van der Waals surface area contributed by atoms with E-state index in [2.05, 4.69) is 22.7 Å². The Kier molecular flexibility index (Phi) is 6.29. The Balaban J connectivity index is 1.60. The van der Waals surface area contributed by atoms with Crippen LogP contribution < -0.4 is 15.4 Å². The van der Waals surface area contributed by atoms with Gasteiger partial charge in [0, 0.05) is 36.0 Å². The fourth-order valence-electron chi connectivity index (χ4n) is 3.09. The number of amides is 1.